The van der Waals surface area contributed by atoms with Crippen molar-refractivity contribution in [2.75, 3.05) is 27.4 Å². The number of benzene rings is 2. The molecule has 0 saturated carbocycles. The van der Waals surface area contributed by atoms with E-state index in [-0.39, 0.29) is 36.0 Å². The van der Waals surface area contributed by atoms with E-state index in [1.165, 1.54) is 14.2 Å². The summed E-state index contributed by atoms with van der Waals surface area (Å²) in [6, 6.07) is 10.4. The molecular weight excluding hydrogens is 336 g/mol. The molecule has 3 N–H and O–H groups in total. The lowest BCUT2D eigenvalue weighted by atomic mass is 9.84. The summed E-state index contributed by atoms with van der Waals surface area (Å²) in [4.78, 5) is 0. The number of hydrogen-bond donors (Lipinski definition) is 3. The zero-order chi connectivity index (χ0) is 18.7. The number of ether oxygens (including phenoxy) is 3. The molecule has 0 amide bonds. The van der Waals surface area contributed by atoms with Crippen LogP contribution in [0, 0.1) is 11.8 Å². The Hall–Kier alpha value is -2.44. The second-order valence-corrected chi connectivity index (χ2v) is 6.50. The van der Waals surface area contributed by atoms with Gasteiger partial charge in [0, 0.05) is 12.5 Å². The number of phenols is 2. The maximum atomic E-state index is 9.95. The summed E-state index contributed by atoms with van der Waals surface area (Å²) in [7, 11) is 3.02. The molecule has 0 aliphatic carbocycles. The molecule has 1 heterocycles. The second kappa shape index (κ2) is 7.85. The first kappa shape index (κ1) is 18.4. The van der Waals surface area contributed by atoms with Gasteiger partial charge >= 0.3 is 0 Å². The first-order valence-electron chi connectivity index (χ1n) is 8.52. The highest BCUT2D eigenvalue weighted by molar-refractivity contribution is 5.43. The lowest BCUT2D eigenvalue weighted by Crippen LogP contribution is -2.21. The van der Waals surface area contributed by atoms with E-state index in [4.69, 9.17) is 14.2 Å². The molecule has 26 heavy (non-hydrogen) atoms. The topological polar surface area (TPSA) is 88.4 Å². The van der Waals surface area contributed by atoms with Crippen molar-refractivity contribution in [2.24, 2.45) is 11.8 Å². The molecule has 2 aromatic rings. The molecule has 1 aliphatic heterocycles. The van der Waals surface area contributed by atoms with E-state index in [1.54, 1.807) is 30.3 Å². The van der Waals surface area contributed by atoms with Crippen LogP contribution in [0.5, 0.6) is 23.0 Å². The molecule has 6 heteroatoms. The Kier molecular flexibility index (Phi) is 5.54. The molecule has 0 bridgehead atoms. The lowest BCUT2D eigenvalue weighted by molar-refractivity contribution is 0.0717. The zero-order valence-electron chi connectivity index (χ0n) is 14.9. The lowest BCUT2D eigenvalue weighted by Gasteiger charge is -2.22. The van der Waals surface area contributed by atoms with E-state index < -0.39 is 0 Å². The van der Waals surface area contributed by atoms with E-state index in [9.17, 15) is 15.3 Å². The smallest absolute Gasteiger partial charge is 0.160 e. The maximum absolute atomic E-state index is 9.95. The van der Waals surface area contributed by atoms with Gasteiger partial charge in [0.1, 0.15) is 0 Å². The van der Waals surface area contributed by atoms with Gasteiger partial charge in [-0.15, -0.1) is 0 Å². The van der Waals surface area contributed by atoms with Crippen LogP contribution in [0.15, 0.2) is 36.4 Å². The molecule has 6 nitrogen and oxygen atoms in total. The molecule has 140 valence electrons. The standard InChI is InChI=1S/C20H24O6/c1-24-18-8-12(3-5-16(18)22)7-14-11-26-20(15(14)10-21)13-4-6-17(23)19(9-13)25-2/h3-6,8-9,14-15,20-23H,7,10-11H2,1-2H3/t14-,15+,20-/m1/s1. The SMILES string of the molecule is COc1cc(C[C@@H]2CO[C@H](c3ccc(O)c(OC)c3)[C@H]2CO)ccc1O. The van der Waals surface area contributed by atoms with E-state index in [1.807, 2.05) is 6.07 Å². The first-order chi connectivity index (χ1) is 12.6. The predicted octanol–water partition coefficient (Wildman–Crippen LogP) is 2.65. The summed E-state index contributed by atoms with van der Waals surface area (Å²) in [5, 5.41) is 29.5. The number of methoxy groups -OCH3 is 2. The minimum absolute atomic E-state index is 0.00621. The van der Waals surface area contributed by atoms with Crippen molar-refractivity contribution in [1.29, 1.82) is 0 Å². The van der Waals surface area contributed by atoms with Crippen molar-refractivity contribution < 1.29 is 29.5 Å². The number of rotatable bonds is 6. The fraction of sp³-hybridized carbons (Fsp3) is 0.400. The largest absolute Gasteiger partial charge is 0.504 e. The van der Waals surface area contributed by atoms with Gasteiger partial charge in [-0.25, -0.2) is 0 Å². The van der Waals surface area contributed by atoms with Gasteiger partial charge in [0.2, 0.25) is 0 Å². The molecule has 0 spiro atoms. The van der Waals surface area contributed by atoms with Gasteiger partial charge in [0.15, 0.2) is 23.0 Å². The van der Waals surface area contributed by atoms with Crippen LogP contribution >= 0.6 is 0 Å². The Morgan fingerprint density at radius 2 is 1.65 bits per heavy atom. The van der Waals surface area contributed by atoms with E-state index in [0.29, 0.717) is 24.5 Å². The highest BCUT2D eigenvalue weighted by Gasteiger charge is 2.38. The van der Waals surface area contributed by atoms with E-state index >= 15 is 0 Å². The van der Waals surface area contributed by atoms with Crippen LogP contribution in [0.25, 0.3) is 0 Å². The summed E-state index contributed by atoms with van der Waals surface area (Å²) in [5.41, 5.74) is 1.88. The third-order valence-corrected chi connectivity index (χ3v) is 4.97. The van der Waals surface area contributed by atoms with Crippen molar-refractivity contribution in [3.8, 4) is 23.0 Å². The van der Waals surface area contributed by atoms with E-state index in [0.717, 1.165) is 11.1 Å². The van der Waals surface area contributed by atoms with Gasteiger partial charge in [0.25, 0.3) is 0 Å². The molecule has 3 rings (SSSR count). The molecule has 0 aromatic heterocycles. The van der Waals surface area contributed by atoms with Crippen LogP contribution in [-0.2, 0) is 11.2 Å². The summed E-state index contributed by atoms with van der Waals surface area (Å²) < 4.78 is 16.3. The minimum Gasteiger partial charge on any atom is -0.504 e. The fourth-order valence-electron chi connectivity index (χ4n) is 3.54. The van der Waals surface area contributed by atoms with Crippen LogP contribution in [-0.4, -0.2) is 42.8 Å². The Bertz CT molecular complexity index is 760. The molecular formula is C20H24O6. The molecule has 3 atom stereocenters. The molecule has 1 fully saturated rings. The normalized spacial score (nSPS) is 22.3. The van der Waals surface area contributed by atoms with Gasteiger partial charge in [0.05, 0.1) is 26.9 Å². The number of aromatic hydroxyl groups is 2. The minimum atomic E-state index is -0.265. The molecule has 2 aromatic carbocycles. The summed E-state index contributed by atoms with van der Waals surface area (Å²) in [5.74, 6) is 1.04. The van der Waals surface area contributed by atoms with Crippen LogP contribution in [0.3, 0.4) is 0 Å². The monoisotopic (exact) mass is 360 g/mol. The second-order valence-electron chi connectivity index (χ2n) is 6.50. The van der Waals surface area contributed by atoms with Crippen molar-refractivity contribution in [3.63, 3.8) is 0 Å². The zero-order valence-corrected chi connectivity index (χ0v) is 14.9. The van der Waals surface area contributed by atoms with Crippen molar-refractivity contribution in [1.82, 2.24) is 0 Å². The van der Waals surface area contributed by atoms with Crippen molar-refractivity contribution in [2.45, 2.75) is 12.5 Å². The van der Waals surface area contributed by atoms with Gasteiger partial charge in [-0.1, -0.05) is 12.1 Å². The molecule has 0 unspecified atom stereocenters. The van der Waals surface area contributed by atoms with E-state index in [2.05, 4.69) is 0 Å². The summed E-state index contributed by atoms with van der Waals surface area (Å²) in [6.45, 7) is 0.510. The Balaban J connectivity index is 1.79. The van der Waals surface area contributed by atoms with Crippen LogP contribution in [0.1, 0.15) is 17.2 Å². The maximum Gasteiger partial charge on any atom is 0.160 e. The van der Waals surface area contributed by atoms with Gasteiger partial charge in [-0.05, 0) is 47.7 Å². The summed E-state index contributed by atoms with van der Waals surface area (Å²) in [6.07, 6.45) is 0.437. The van der Waals surface area contributed by atoms with Gasteiger partial charge in [-0.3, -0.25) is 0 Å². The average Bonchev–Trinajstić information content (AvgIpc) is 3.06. The van der Waals surface area contributed by atoms with Crippen LogP contribution in [0.4, 0.5) is 0 Å². The number of phenolic OH excluding ortho intramolecular Hbond substituents is 2. The third-order valence-electron chi connectivity index (χ3n) is 4.97. The quantitative estimate of drug-likeness (QED) is 0.734. The van der Waals surface area contributed by atoms with Crippen molar-refractivity contribution >= 4 is 0 Å². The van der Waals surface area contributed by atoms with Gasteiger partial charge < -0.3 is 29.5 Å². The Morgan fingerprint density at radius 3 is 2.31 bits per heavy atom. The molecule has 0 radical (unpaired) electrons. The predicted molar refractivity (Wildman–Crippen MR) is 95.8 cm³/mol. The highest BCUT2D eigenvalue weighted by Crippen LogP contribution is 2.42. The Labute approximate surface area is 152 Å². The number of hydrogen-bond acceptors (Lipinski definition) is 6. The van der Waals surface area contributed by atoms with Crippen LogP contribution in [0.2, 0.25) is 0 Å². The van der Waals surface area contributed by atoms with Crippen molar-refractivity contribution in [3.05, 3.63) is 47.5 Å². The van der Waals surface area contributed by atoms with Gasteiger partial charge in [-0.2, -0.15) is 0 Å². The first-order valence-corrected chi connectivity index (χ1v) is 8.52. The highest BCUT2D eigenvalue weighted by atomic mass is 16.5. The average molecular weight is 360 g/mol. The number of aliphatic hydroxyl groups excluding tert-OH is 1. The number of aliphatic hydroxyl groups is 1. The van der Waals surface area contributed by atoms with Crippen LogP contribution < -0.4 is 9.47 Å². The summed E-state index contributed by atoms with van der Waals surface area (Å²) >= 11 is 0. The third kappa shape index (κ3) is 3.57. The fourth-order valence-corrected chi connectivity index (χ4v) is 3.54. The Morgan fingerprint density at radius 1 is 1.00 bits per heavy atom. The molecule has 1 saturated heterocycles. The molecule has 1 aliphatic rings.